The van der Waals surface area contributed by atoms with Gasteiger partial charge in [0.15, 0.2) is 0 Å². The molecule has 21 heavy (non-hydrogen) atoms. The van der Waals surface area contributed by atoms with Gasteiger partial charge in [-0.15, -0.1) is 0 Å². The van der Waals surface area contributed by atoms with E-state index < -0.39 is 31.1 Å². The van der Waals surface area contributed by atoms with Gasteiger partial charge in [-0.1, -0.05) is 26.2 Å². The number of amides is 2. The van der Waals surface area contributed by atoms with Gasteiger partial charge in [-0.25, -0.2) is 4.79 Å². The van der Waals surface area contributed by atoms with Gasteiger partial charge in [0.25, 0.3) is 0 Å². The molecule has 7 nitrogen and oxygen atoms in total. The SMILES string of the molecule is CC1CCCC(CCNC(=O)N(CC(=O)O)CC(=O)O)C1. The van der Waals surface area contributed by atoms with E-state index in [2.05, 4.69) is 12.2 Å². The summed E-state index contributed by atoms with van der Waals surface area (Å²) < 4.78 is 0. The highest BCUT2D eigenvalue weighted by Gasteiger charge is 2.21. The van der Waals surface area contributed by atoms with E-state index in [0.29, 0.717) is 12.5 Å². The summed E-state index contributed by atoms with van der Waals surface area (Å²) >= 11 is 0. The lowest BCUT2D eigenvalue weighted by Gasteiger charge is -2.27. The standard InChI is InChI=1S/C14H24N2O5/c1-10-3-2-4-11(7-10)5-6-15-14(21)16(8-12(17)18)9-13(19)20/h10-11H,2-9H2,1H3,(H,15,21)(H,17,18)(H,19,20). The van der Waals surface area contributed by atoms with Gasteiger partial charge >= 0.3 is 18.0 Å². The Morgan fingerprint density at radius 2 is 1.76 bits per heavy atom. The Labute approximate surface area is 124 Å². The molecule has 7 heteroatoms. The van der Waals surface area contributed by atoms with E-state index in [9.17, 15) is 14.4 Å². The molecule has 2 amide bonds. The Morgan fingerprint density at radius 3 is 2.29 bits per heavy atom. The molecular weight excluding hydrogens is 276 g/mol. The summed E-state index contributed by atoms with van der Waals surface area (Å²) in [6, 6.07) is -0.636. The van der Waals surface area contributed by atoms with E-state index in [1.807, 2.05) is 0 Å². The Kier molecular flexibility index (Phi) is 6.98. The summed E-state index contributed by atoms with van der Waals surface area (Å²) in [5.41, 5.74) is 0. The summed E-state index contributed by atoms with van der Waals surface area (Å²) in [6.07, 6.45) is 5.64. The maximum Gasteiger partial charge on any atom is 0.323 e. The Bertz CT molecular complexity index is 370. The summed E-state index contributed by atoms with van der Waals surface area (Å²) in [7, 11) is 0. The fraction of sp³-hybridized carbons (Fsp3) is 0.786. The van der Waals surface area contributed by atoms with Gasteiger partial charge in [0, 0.05) is 6.54 Å². The Morgan fingerprint density at radius 1 is 1.14 bits per heavy atom. The molecule has 0 aromatic rings. The van der Waals surface area contributed by atoms with E-state index in [0.717, 1.165) is 30.1 Å². The molecule has 0 radical (unpaired) electrons. The van der Waals surface area contributed by atoms with Crippen molar-refractivity contribution in [3.05, 3.63) is 0 Å². The third kappa shape index (κ3) is 6.97. The first-order valence-electron chi connectivity index (χ1n) is 7.34. The van der Waals surface area contributed by atoms with Crippen LogP contribution in [0.1, 0.15) is 39.0 Å². The van der Waals surface area contributed by atoms with Gasteiger partial charge in [0.2, 0.25) is 0 Å². The maximum atomic E-state index is 11.8. The molecule has 1 aliphatic rings. The number of hydrogen-bond donors (Lipinski definition) is 3. The van der Waals surface area contributed by atoms with Crippen molar-refractivity contribution in [2.24, 2.45) is 11.8 Å². The molecule has 1 fully saturated rings. The van der Waals surface area contributed by atoms with Crippen molar-refractivity contribution < 1.29 is 24.6 Å². The molecule has 0 spiro atoms. The molecule has 0 aromatic carbocycles. The number of carboxylic acid groups (broad SMARTS) is 2. The van der Waals surface area contributed by atoms with Gasteiger partial charge in [-0.05, 0) is 24.7 Å². The molecule has 2 unspecified atom stereocenters. The van der Waals surface area contributed by atoms with Crippen LogP contribution in [0.25, 0.3) is 0 Å². The summed E-state index contributed by atoms with van der Waals surface area (Å²) in [6.45, 7) is 1.45. The molecule has 120 valence electrons. The monoisotopic (exact) mass is 300 g/mol. The van der Waals surface area contributed by atoms with Crippen molar-refractivity contribution in [1.29, 1.82) is 0 Å². The van der Waals surface area contributed by atoms with Crippen LogP contribution in [0.5, 0.6) is 0 Å². The molecule has 0 heterocycles. The first kappa shape index (κ1) is 17.3. The largest absolute Gasteiger partial charge is 0.480 e. The van der Waals surface area contributed by atoms with E-state index in [1.54, 1.807) is 0 Å². The van der Waals surface area contributed by atoms with Crippen molar-refractivity contribution in [3.8, 4) is 0 Å². The molecule has 1 rings (SSSR count). The van der Waals surface area contributed by atoms with Crippen molar-refractivity contribution in [2.75, 3.05) is 19.6 Å². The zero-order valence-electron chi connectivity index (χ0n) is 12.4. The first-order valence-corrected chi connectivity index (χ1v) is 7.34. The van der Waals surface area contributed by atoms with Crippen LogP contribution >= 0.6 is 0 Å². The fourth-order valence-electron chi connectivity index (χ4n) is 2.84. The number of nitrogens with zero attached hydrogens (tertiary/aromatic N) is 1. The molecule has 0 aromatic heterocycles. The third-order valence-corrected chi connectivity index (χ3v) is 3.81. The normalized spacial score (nSPS) is 21.6. The van der Waals surface area contributed by atoms with E-state index >= 15 is 0 Å². The number of hydrogen-bond acceptors (Lipinski definition) is 3. The Hall–Kier alpha value is -1.79. The highest BCUT2D eigenvalue weighted by molar-refractivity contribution is 5.84. The zero-order chi connectivity index (χ0) is 15.8. The number of aliphatic carboxylic acids is 2. The number of carbonyl (C=O) groups is 3. The van der Waals surface area contributed by atoms with Crippen LogP contribution in [-0.2, 0) is 9.59 Å². The molecule has 0 saturated heterocycles. The number of urea groups is 1. The minimum Gasteiger partial charge on any atom is -0.480 e. The second-order valence-electron chi connectivity index (χ2n) is 5.80. The maximum absolute atomic E-state index is 11.8. The topological polar surface area (TPSA) is 107 Å². The average molecular weight is 300 g/mol. The fourth-order valence-corrected chi connectivity index (χ4v) is 2.84. The predicted molar refractivity (Wildman–Crippen MR) is 76.0 cm³/mol. The number of rotatable bonds is 7. The molecule has 0 aliphatic heterocycles. The minimum atomic E-state index is -1.23. The van der Waals surface area contributed by atoms with Gasteiger partial charge in [-0.3, -0.25) is 9.59 Å². The summed E-state index contributed by atoms with van der Waals surface area (Å²) in [5.74, 6) is -1.16. The second-order valence-corrected chi connectivity index (χ2v) is 5.80. The van der Waals surface area contributed by atoms with Crippen LogP contribution in [0, 0.1) is 11.8 Å². The average Bonchev–Trinajstić information content (AvgIpc) is 2.36. The van der Waals surface area contributed by atoms with E-state index in [4.69, 9.17) is 10.2 Å². The van der Waals surface area contributed by atoms with E-state index in [1.165, 1.54) is 12.8 Å². The van der Waals surface area contributed by atoms with Crippen LogP contribution < -0.4 is 5.32 Å². The van der Waals surface area contributed by atoms with Crippen LogP contribution in [0.3, 0.4) is 0 Å². The van der Waals surface area contributed by atoms with Gasteiger partial charge in [0.05, 0.1) is 0 Å². The highest BCUT2D eigenvalue weighted by Crippen LogP contribution is 2.30. The van der Waals surface area contributed by atoms with Crippen LogP contribution in [-0.4, -0.2) is 52.7 Å². The van der Waals surface area contributed by atoms with Crippen LogP contribution in [0.2, 0.25) is 0 Å². The molecule has 1 saturated carbocycles. The van der Waals surface area contributed by atoms with Crippen LogP contribution in [0.15, 0.2) is 0 Å². The molecule has 3 N–H and O–H groups in total. The van der Waals surface area contributed by atoms with Gasteiger partial charge in [0.1, 0.15) is 13.1 Å². The summed E-state index contributed by atoms with van der Waals surface area (Å²) in [5, 5.41) is 20.0. The number of carboxylic acids is 2. The van der Waals surface area contributed by atoms with Crippen LogP contribution in [0.4, 0.5) is 4.79 Å². The molecule has 2 atom stereocenters. The predicted octanol–water partition coefficient (Wildman–Crippen LogP) is 1.38. The molecule has 0 bridgehead atoms. The first-order chi connectivity index (χ1) is 9.88. The van der Waals surface area contributed by atoms with E-state index in [-0.39, 0.29) is 0 Å². The minimum absolute atomic E-state index is 0.450. The van der Waals surface area contributed by atoms with Gasteiger partial charge < -0.3 is 20.4 Å². The second kappa shape index (κ2) is 8.49. The molecular formula is C14H24N2O5. The van der Waals surface area contributed by atoms with Crippen molar-refractivity contribution in [2.45, 2.75) is 39.0 Å². The Balaban J connectivity index is 2.35. The van der Waals surface area contributed by atoms with Crippen molar-refractivity contribution in [1.82, 2.24) is 10.2 Å². The zero-order valence-corrected chi connectivity index (χ0v) is 12.4. The number of carbonyl (C=O) groups excluding carboxylic acids is 1. The smallest absolute Gasteiger partial charge is 0.323 e. The summed E-state index contributed by atoms with van der Waals surface area (Å²) in [4.78, 5) is 33.9. The van der Waals surface area contributed by atoms with Crippen molar-refractivity contribution in [3.63, 3.8) is 0 Å². The van der Waals surface area contributed by atoms with Gasteiger partial charge in [-0.2, -0.15) is 0 Å². The third-order valence-electron chi connectivity index (χ3n) is 3.81. The van der Waals surface area contributed by atoms with Crippen molar-refractivity contribution >= 4 is 18.0 Å². The lowest BCUT2D eigenvalue weighted by molar-refractivity contribution is -0.140. The quantitative estimate of drug-likeness (QED) is 0.658. The molecule has 1 aliphatic carbocycles. The highest BCUT2D eigenvalue weighted by atomic mass is 16.4. The lowest BCUT2D eigenvalue weighted by atomic mass is 9.81. The lowest BCUT2D eigenvalue weighted by Crippen LogP contribution is -2.45. The number of nitrogens with one attached hydrogen (secondary N) is 1.